The second-order valence-electron chi connectivity index (χ2n) is 4.42. The van der Waals surface area contributed by atoms with Crippen molar-refractivity contribution in [3.05, 3.63) is 44.8 Å². The van der Waals surface area contributed by atoms with Crippen LogP contribution in [0.2, 0.25) is 0 Å². The number of carboxylic acids is 1. The molecular weight excluding hydrogens is 328 g/mol. The Morgan fingerprint density at radius 3 is 2.82 bits per heavy atom. The molecule has 0 radical (unpaired) electrons. The zero-order valence-corrected chi connectivity index (χ0v) is 12.9. The lowest BCUT2D eigenvalue weighted by atomic mass is 10.2. The average Bonchev–Trinajstić information content (AvgIpc) is 2.73. The summed E-state index contributed by atoms with van der Waals surface area (Å²) in [6.07, 6.45) is 1.46. The van der Waals surface area contributed by atoms with Gasteiger partial charge < -0.3 is 5.11 Å². The van der Waals surface area contributed by atoms with E-state index in [9.17, 15) is 19.7 Å². The van der Waals surface area contributed by atoms with E-state index < -0.39 is 22.8 Å². The first kappa shape index (κ1) is 16.1. The third-order valence-electron chi connectivity index (χ3n) is 2.95. The lowest BCUT2D eigenvalue weighted by Gasteiger charge is -2.18. The summed E-state index contributed by atoms with van der Waals surface area (Å²) in [6.45, 7) is 1.36. The topological polar surface area (TPSA) is 101 Å². The van der Waals surface area contributed by atoms with Crippen LogP contribution in [0.1, 0.15) is 12.5 Å². The van der Waals surface area contributed by atoms with Gasteiger partial charge in [-0.15, -0.1) is 0 Å². The van der Waals surface area contributed by atoms with Crippen LogP contribution in [0.5, 0.6) is 0 Å². The molecule has 9 heteroatoms. The molecule has 1 aromatic rings. The Balaban J connectivity index is 2.32. The van der Waals surface area contributed by atoms with Crippen LogP contribution in [-0.2, 0) is 9.59 Å². The van der Waals surface area contributed by atoms with Crippen molar-refractivity contribution >= 4 is 51.9 Å². The van der Waals surface area contributed by atoms with Gasteiger partial charge in [-0.1, -0.05) is 36.1 Å². The predicted octanol–water partition coefficient (Wildman–Crippen LogP) is 2.27. The quantitative estimate of drug-likeness (QED) is 0.389. The Morgan fingerprint density at radius 2 is 2.23 bits per heavy atom. The van der Waals surface area contributed by atoms with Crippen molar-refractivity contribution in [3.8, 4) is 0 Å². The highest BCUT2D eigenvalue weighted by Gasteiger charge is 2.38. The number of carboxylic acid groups (broad SMARTS) is 1. The van der Waals surface area contributed by atoms with Gasteiger partial charge in [0.2, 0.25) is 0 Å². The van der Waals surface area contributed by atoms with E-state index in [1.165, 1.54) is 31.2 Å². The molecule has 1 fully saturated rings. The molecule has 2 rings (SSSR count). The van der Waals surface area contributed by atoms with Gasteiger partial charge in [0.05, 0.1) is 9.83 Å². The molecule has 22 heavy (non-hydrogen) atoms. The van der Waals surface area contributed by atoms with Gasteiger partial charge in [-0.05, 0) is 18.6 Å². The Bertz CT molecular complexity index is 716. The molecule has 1 aliphatic heterocycles. The fraction of sp³-hybridized carbons (Fsp3) is 0.154. The molecule has 0 saturated carbocycles. The van der Waals surface area contributed by atoms with Crippen LogP contribution in [0.3, 0.4) is 0 Å². The van der Waals surface area contributed by atoms with E-state index in [4.69, 9.17) is 17.3 Å². The van der Waals surface area contributed by atoms with Crippen LogP contribution >= 0.6 is 24.0 Å². The summed E-state index contributed by atoms with van der Waals surface area (Å²) in [7, 11) is 0. The van der Waals surface area contributed by atoms with Gasteiger partial charge in [0.1, 0.15) is 10.4 Å². The monoisotopic (exact) mass is 338 g/mol. The summed E-state index contributed by atoms with van der Waals surface area (Å²) in [4.78, 5) is 34.7. The van der Waals surface area contributed by atoms with Gasteiger partial charge >= 0.3 is 5.97 Å². The first-order valence-electron chi connectivity index (χ1n) is 6.05. The zero-order valence-electron chi connectivity index (χ0n) is 11.3. The number of benzene rings is 1. The van der Waals surface area contributed by atoms with Crippen molar-refractivity contribution in [2.75, 3.05) is 0 Å². The first-order chi connectivity index (χ1) is 10.3. The number of amides is 1. The lowest BCUT2D eigenvalue weighted by molar-refractivity contribution is -0.384. The minimum Gasteiger partial charge on any atom is -0.480 e. The SMILES string of the molecule is CC(C(=O)O)N1C(=O)C(=Cc2cccc([N+](=O)[O-])c2)SC1=S. The minimum atomic E-state index is -1.16. The van der Waals surface area contributed by atoms with E-state index in [2.05, 4.69) is 0 Å². The largest absolute Gasteiger partial charge is 0.480 e. The molecule has 1 amide bonds. The molecule has 1 aliphatic rings. The first-order valence-corrected chi connectivity index (χ1v) is 7.28. The number of hydrogen-bond donors (Lipinski definition) is 1. The number of thioether (sulfide) groups is 1. The van der Waals surface area contributed by atoms with Gasteiger partial charge in [-0.2, -0.15) is 0 Å². The van der Waals surface area contributed by atoms with E-state index in [0.29, 0.717) is 5.56 Å². The zero-order chi connectivity index (χ0) is 16.4. The van der Waals surface area contributed by atoms with Gasteiger partial charge in [0.25, 0.3) is 11.6 Å². The standard InChI is InChI=1S/C13H10N2O5S2/c1-7(12(17)18)14-11(16)10(22-13(14)21)6-8-3-2-4-9(5-8)15(19)20/h2-7H,1H3,(H,17,18). The number of carbonyl (C=O) groups excluding carboxylic acids is 1. The van der Waals surface area contributed by atoms with Gasteiger partial charge in [-0.3, -0.25) is 19.8 Å². The molecule has 1 saturated heterocycles. The molecule has 1 heterocycles. The van der Waals surface area contributed by atoms with Crippen molar-refractivity contribution in [2.45, 2.75) is 13.0 Å². The summed E-state index contributed by atoms with van der Waals surface area (Å²) in [6, 6.07) is 4.72. The summed E-state index contributed by atoms with van der Waals surface area (Å²) >= 11 is 6.00. The highest BCUT2D eigenvalue weighted by molar-refractivity contribution is 8.26. The summed E-state index contributed by atoms with van der Waals surface area (Å²) in [5.74, 6) is -1.68. The number of nitro groups is 1. The second kappa shape index (κ2) is 6.24. The normalized spacial score (nSPS) is 17.9. The van der Waals surface area contributed by atoms with Crippen molar-refractivity contribution in [1.29, 1.82) is 0 Å². The highest BCUT2D eigenvalue weighted by Crippen LogP contribution is 2.34. The van der Waals surface area contributed by atoms with E-state index in [1.807, 2.05) is 0 Å². The van der Waals surface area contributed by atoms with E-state index >= 15 is 0 Å². The van der Waals surface area contributed by atoms with E-state index in [-0.39, 0.29) is 14.9 Å². The van der Waals surface area contributed by atoms with Crippen molar-refractivity contribution < 1.29 is 19.6 Å². The number of nitrogens with zero attached hydrogens (tertiary/aromatic N) is 2. The number of non-ortho nitro benzene ring substituents is 1. The summed E-state index contributed by atoms with van der Waals surface area (Å²) in [5, 5.41) is 19.7. The predicted molar refractivity (Wildman–Crippen MR) is 85.2 cm³/mol. The molecule has 0 aliphatic carbocycles. The molecule has 7 nitrogen and oxygen atoms in total. The lowest BCUT2D eigenvalue weighted by Crippen LogP contribution is -2.41. The molecule has 0 aromatic heterocycles. The van der Waals surface area contributed by atoms with Crippen molar-refractivity contribution in [1.82, 2.24) is 4.90 Å². The summed E-state index contributed by atoms with van der Waals surface area (Å²) < 4.78 is 0.150. The second-order valence-corrected chi connectivity index (χ2v) is 6.09. The maximum Gasteiger partial charge on any atom is 0.326 e. The molecular formula is C13H10N2O5S2. The summed E-state index contributed by atoms with van der Waals surface area (Å²) in [5.41, 5.74) is 0.376. The Kier molecular flexibility index (Phi) is 4.57. The number of nitro benzene ring substituents is 1. The molecule has 1 aromatic carbocycles. The van der Waals surface area contributed by atoms with Crippen molar-refractivity contribution in [3.63, 3.8) is 0 Å². The molecule has 114 valence electrons. The fourth-order valence-corrected chi connectivity index (χ4v) is 3.22. The Labute approximate surface area is 134 Å². The fourth-order valence-electron chi connectivity index (χ4n) is 1.80. The highest BCUT2D eigenvalue weighted by atomic mass is 32.2. The number of carbonyl (C=O) groups is 2. The smallest absolute Gasteiger partial charge is 0.326 e. The number of aliphatic carboxylic acids is 1. The average molecular weight is 338 g/mol. The number of rotatable bonds is 4. The number of hydrogen-bond acceptors (Lipinski definition) is 6. The molecule has 1 unspecified atom stereocenters. The Morgan fingerprint density at radius 1 is 1.55 bits per heavy atom. The van der Waals surface area contributed by atoms with Crippen LogP contribution in [-0.4, -0.2) is 37.2 Å². The van der Waals surface area contributed by atoms with E-state index in [0.717, 1.165) is 16.7 Å². The third kappa shape index (κ3) is 3.15. The van der Waals surface area contributed by atoms with E-state index in [1.54, 1.807) is 6.07 Å². The van der Waals surface area contributed by atoms with Gasteiger partial charge in [0.15, 0.2) is 0 Å². The number of thiocarbonyl (C=S) groups is 1. The van der Waals surface area contributed by atoms with Gasteiger partial charge in [-0.25, -0.2) is 4.79 Å². The van der Waals surface area contributed by atoms with Crippen LogP contribution < -0.4 is 0 Å². The maximum atomic E-state index is 12.2. The molecule has 0 spiro atoms. The van der Waals surface area contributed by atoms with Gasteiger partial charge in [0, 0.05) is 12.1 Å². The Hall–Kier alpha value is -2.26. The van der Waals surface area contributed by atoms with Crippen LogP contribution in [0.25, 0.3) is 6.08 Å². The molecule has 0 bridgehead atoms. The van der Waals surface area contributed by atoms with Crippen LogP contribution in [0.15, 0.2) is 29.2 Å². The van der Waals surface area contributed by atoms with Crippen LogP contribution in [0.4, 0.5) is 5.69 Å². The minimum absolute atomic E-state index is 0.0943. The molecule has 1 N–H and O–H groups in total. The van der Waals surface area contributed by atoms with Crippen LogP contribution in [0, 0.1) is 10.1 Å². The van der Waals surface area contributed by atoms with Crippen molar-refractivity contribution in [2.24, 2.45) is 0 Å². The maximum absolute atomic E-state index is 12.2. The molecule has 1 atom stereocenters. The third-order valence-corrected chi connectivity index (χ3v) is 4.28.